The minimum atomic E-state index is -3.82. The van der Waals surface area contributed by atoms with Crippen LogP contribution in [0.4, 0.5) is 15.9 Å². The number of pyridine rings is 1. The van der Waals surface area contributed by atoms with Crippen molar-refractivity contribution in [3.8, 4) is 0 Å². The van der Waals surface area contributed by atoms with E-state index < -0.39 is 15.8 Å². The van der Waals surface area contributed by atoms with Crippen LogP contribution in [0.2, 0.25) is 5.02 Å². The number of nitrogen functional groups attached to an aromatic ring is 1. The van der Waals surface area contributed by atoms with Gasteiger partial charge in [0.05, 0.1) is 15.6 Å². The number of hydrogen-bond acceptors (Lipinski definition) is 4. The van der Waals surface area contributed by atoms with Crippen molar-refractivity contribution >= 4 is 33.1 Å². The maximum absolute atomic E-state index is 13.0. The highest BCUT2D eigenvalue weighted by atomic mass is 35.5. The van der Waals surface area contributed by atoms with Gasteiger partial charge in [0.15, 0.2) is 0 Å². The summed E-state index contributed by atoms with van der Waals surface area (Å²) >= 11 is 5.57. The quantitative estimate of drug-likeness (QED) is 0.910. The van der Waals surface area contributed by atoms with Crippen molar-refractivity contribution in [2.24, 2.45) is 0 Å². The molecule has 0 radical (unpaired) electrons. The van der Waals surface area contributed by atoms with E-state index >= 15 is 0 Å². The van der Waals surface area contributed by atoms with E-state index in [9.17, 15) is 12.8 Å². The highest BCUT2D eigenvalue weighted by molar-refractivity contribution is 7.92. The van der Waals surface area contributed by atoms with Crippen LogP contribution in [0.5, 0.6) is 0 Å². The second kappa shape index (κ2) is 5.02. The first kappa shape index (κ1) is 13.6. The molecule has 0 saturated heterocycles. The zero-order valence-electron chi connectivity index (χ0n) is 9.47. The molecule has 1 aromatic heterocycles. The molecule has 0 saturated carbocycles. The molecule has 2 rings (SSSR count). The summed E-state index contributed by atoms with van der Waals surface area (Å²) in [4.78, 5) is 3.66. The lowest BCUT2D eigenvalue weighted by molar-refractivity contribution is 0.601. The van der Waals surface area contributed by atoms with E-state index in [2.05, 4.69) is 9.71 Å². The third kappa shape index (κ3) is 3.12. The van der Waals surface area contributed by atoms with Crippen LogP contribution in [-0.4, -0.2) is 13.4 Å². The number of nitrogens with zero attached hydrogens (tertiary/aromatic N) is 1. The molecule has 0 unspecified atom stereocenters. The number of nitrogens with one attached hydrogen (secondary N) is 1. The molecule has 0 fully saturated rings. The first-order chi connectivity index (χ1) is 8.88. The van der Waals surface area contributed by atoms with Crippen molar-refractivity contribution in [2.75, 3.05) is 10.5 Å². The minimum absolute atomic E-state index is 0.0413. The number of aromatic nitrogens is 1. The predicted molar refractivity (Wildman–Crippen MR) is 70.9 cm³/mol. The summed E-state index contributed by atoms with van der Waals surface area (Å²) < 4.78 is 39.3. The topological polar surface area (TPSA) is 85.1 Å². The number of nitrogens with two attached hydrogens (primary N) is 1. The molecular formula is C11H9ClFN3O2S. The van der Waals surface area contributed by atoms with Gasteiger partial charge in [-0.15, -0.1) is 0 Å². The van der Waals surface area contributed by atoms with Gasteiger partial charge in [0.1, 0.15) is 11.6 Å². The second-order valence-electron chi connectivity index (χ2n) is 3.65. The molecule has 0 aliphatic heterocycles. The lowest BCUT2D eigenvalue weighted by atomic mass is 10.3. The molecule has 0 spiro atoms. The first-order valence-electron chi connectivity index (χ1n) is 5.08. The average Bonchev–Trinajstić information content (AvgIpc) is 2.33. The maximum Gasteiger partial charge on any atom is 0.262 e. The van der Waals surface area contributed by atoms with Gasteiger partial charge in [-0.2, -0.15) is 0 Å². The molecule has 19 heavy (non-hydrogen) atoms. The molecule has 0 amide bonds. The van der Waals surface area contributed by atoms with Crippen LogP contribution in [0.15, 0.2) is 41.4 Å². The lowest BCUT2D eigenvalue weighted by Crippen LogP contribution is -2.13. The van der Waals surface area contributed by atoms with Crippen molar-refractivity contribution in [1.82, 2.24) is 4.98 Å². The molecule has 2 aromatic rings. The third-order valence-corrected chi connectivity index (χ3v) is 3.90. The molecule has 0 aliphatic rings. The lowest BCUT2D eigenvalue weighted by Gasteiger charge is -2.08. The van der Waals surface area contributed by atoms with E-state index in [1.807, 2.05) is 0 Å². The smallest absolute Gasteiger partial charge is 0.262 e. The third-order valence-electron chi connectivity index (χ3n) is 2.23. The van der Waals surface area contributed by atoms with Gasteiger partial charge in [0.2, 0.25) is 0 Å². The van der Waals surface area contributed by atoms with E-state index in [-0.39, 0.29) is 21.4 Å². The van der Waals surface area contributed by atoms with Crippen LogP contribution >= 0.6 is 11.6 Å². The van der Waals surface area contributed by atoms with Gasteiger partial charge in [-0.1, -0.05) is 11.6 Å². The van der Waals surface area contributed by atoms with Crippen LogP contribution in [0.25, 0.3) is 0 Å². The highest BCUT2D eigenvalue weighted by Crippen LogP contribution is 2.22. The maximum atomic E-state index is 13.0. The predicted octanol–water partition coefficient (Wildman–Crippen LogP) is 2.26. The molecule has 5 nitrogen and oxygen atoms in total. The average molecular weight is 302 g/mol. The molecule has 100 valence electrons. The Morgan fingerprint density at radius 1 is 1.26 bits per heavy atom. The van der Waals surface area contributed by atoms with Crippen LogP contribution in [0.1, 0.15) is 0 Å². The van der Waals surface area contributed by atoms with Crippen LogP contribution < -0.4 is 10.5 Å². The van der Waals surface area contributed by atoms with Gasteiger partial charge < -0.3 is 5.73 Å². The summed E-state index contributed by atoms with van der Waals surface area (Å²) in [6.45, 7) is 0. The van der Waals surface area contributed by atoms with E-state index in [0.717, 1.165) is 6.07 Å². The van der Waals surface area contributed by atoms with Gasteiger partial charge in [0, 0.05) is 12.3 Å². The van der Waals surface area contributed by atoms with Crippen molar-refractivity contribution in [2.45, 2.75) is 4.90 Å². The fourth-order valence-electron chi connectivity index (χ4n) is 1.37. The zero-order chi connectivity index (χ0) is 14.0. The van der Waals surface area contributed by atoms with Gasteiger partial charge in [0.25, 0.3) is 10.0 Å². The molecule has 8 heteroatoms. The number of hydrogen-bond donors (Lipinski definition) is 2. The van der Waals surface area contributed by atoms with E-state index in [1.165, 1.54) is 30.5 Å². The second-order valence-corrected chi connectivity index (χ2v) is 5.74. The van der Waals surface area contributed by atoms with Gasteiger partial charge in [-0.25, -0.2) is 17.8 Å². The Hall–Kier alpha value is -1.86. The summed E-state index contributed by atoms with van der Waals surface area (Å²) in [6, 6.07) is 6.03. The number of halogens is 2. The standard InChI is InChI=1S/C11H9ClFN3O2S/c12-9-5-7(1-2-10(9)13)16-19(17,18)8-3-4-15-11(14)6-8/h1-6,16H,(H2,14,15). The van der Waals surface area contributed by atoms with Crippen LogP contribution in [0, 0.1) is 5.82 Å². The van der Waals surface area contributed by atoms with Gasteiger partial charge in [-0.3, -0.25) is 4.72 Å². The summed E-state index contributed by atoms with van der Waals surface area (Å²) in [7, 11) is -3.82. The molecule has 3 N–H and O–H groups in total. The Morgan fingerprint density at radius 3 is 2.63 bits per heavy atom. The molecule has 0 atom stereocenters. The summed E-state index contributed by atoms with van der Waals surface area (Å²) in [5.74, 6) is -0.544. The molecule has 0 aliphatic carbocycles. The molecule has 1 aromatic carbocycles. The highest BCUT2D eigenvalue weighted by Gasteiger charge is 2.15. The van der Waals surface area contributed by atoms with Crippen LogP contribution in [-0.2, 0) is 10.0 Å². The number of sulfonamides is 1. The number of anilines is 2. The Labute approximate surface area is 114 Å². The molecular weight excluding hydrogens is 293 g/mol. The summed E-state index contributed by atoms with van der Waals surface area (Å²) in [6.07, 6.45) is 1.28. The van der Waals surface area contributed by atoms with Gasteiger partial charge in [-0.05, 0) is 24.3 Å². The van der Waals surface area contributed by atoms with Crippen molar-refractivity contribution in [3.05, 3.63) is 47.4 Å². The Balaban J connectivity index is 2.33. The first-order valence-corrected chi connectivity index (χ1v) is 6.94. The summed E-state index contributed by atoms with van der Waals surface area (Å²) in [5, 5.41) is -0.172. The normalized spacial score (nSPS) is 11.3. The van der Waals surface area contributed by atoms with Crippen molar-refractivity contribution in [3.63, 3.8) is 0 Å². The Bertz CT molecular complexity index is 722. The van der Waals surface area contributed by atoms with E-state index in [4.69, 9.17) is 17.3 Å². The molecule has 1 heterocycles. The monoisotopic (exact) mass is 301 g/mol. The molecule has 0 bridgehead atoms. The van der Waals surface area contributed by atoms with E-state index in [0.29, 0.717) is 0 Å². The minimum Gasteiger partial charge on any atom is -0.384 e. The van der Waals surface area contributed by atoms with E-state index in [1.54, 1.807) is 0 Å². The van der Waals surface area contributed by atoms with Crippen molar-refractivity contribution in [1.29, 1.82) is 0 Å². The fraction of sp³-hybridized carbons (Fsp3) is 0. The summed E-state index contributed by atoms with van der Waals surface area (Å²) in [5.41, 5.74) is 5.57. The number of rotatable bonds is 3. The van der Waals surface area contributed by atoms with Gasteiger partial charge >= 0.3 is 0 Å². The SMILES string of the molecule is Nc1cc(S(=O)(=O)Nc2ccc(F)c(Cl)c2)ccn1. The van der Waals surface area contributed by atoms with Crippen LogP contribution in [0.3, 0.4) is 0 Å². The largest absolute Gasteiger partial charge is 0.384 e. The fourth-order valence-corrected chi connectivity index (χ4v) is 2.62. The number of benzene rings is 1. The zero-order valence-corrected chi connectivity index (χ0v) is 11.0. The Kier molecular flexibility index (Phi) is 3.59. The Morgan fingerprint density at radius 2 is 2.00 bits per heavy atom. The van der Waals surface area contributed by atoms with Crippen molar-refractivity contribution < 1.29 is 12.8 Å².